The Morgan fingerprint density at radius 2 is 2.09 bits per heavy atom. The predicted molar refractivity (Wildman–Crippen MR) is 108 cm³/mol. The predicted octanol–water partition coefficient (Wildman–Crippen LogP) is 2.33. The smallest absolute Gasteiger partial charge is 0.191 e. The van der Waals surface area contributed by atoms with E-state index < -0.39 is 0 Å². The molecule has 2 rings (SSSR count). The maximum absolute atomic E-state index is 5.06. The van der Waals surface area contributed by atoms with Gasteiger partial charge in [0.05, 0.1) is 6.61 Å². The molecule has 1 fully saturated rings. The van der Waals surface area contributed by atoms with Crippen LogP contribution in [-0.4, -0.2) is 52.4 Å². The van der Waals surface area contributed by atoms with Crippen molar-refractivity contribution < 1.29 is 4.74 Å². The van der Waals surface area contributed by atoms with Gasteiger partial charge in [0.2, 0.25) is 0 Å². The molecule has 1 atom stereocenters. The van der Waals surface area contributed by atoms with E-state index in [4.69, 9.17) is 9.73 Å². The van der Waals surface area contributed by atoms with E-state index in [0.29, 0.717) is 12.5 Å². The zero-order valence-corrected chi connectivity index (χ0v) is 16.5. The van der Waals surface area contributed by atoms with Gasteiger partial charge in [0, 0.05) is 45.5 Å². The van der Waals surface area contributed by atoms with Gasteiger partial charge in [0.15, 0.2) is 5.96 Å². The van der Waals surface area contributed by atoms with Gasteiger partial charge in [-0.1, -0.05) is 18.2 Å². The Morgan fingerprint density at radius 1 is 1.30 bits per heavy atom. The van der Waals surface area contributed by atoms with Crippen LogP contribution in [0, 0.1) is 5.92 Å². The molecule has 130 valence electrons. The number of aliphatic imine (C=N–C) groups is 1. The van der Waals surface area contributed by atoms with Crippen LogP contribution in [0.25, 0.3) is 0 Å². The number of para-hydroxylation sites is 1. The highest BCUT2D eigenvalue weighted by molar-refractivity contribution is 14.0. The Hall–Kier alpha value is -1.02. The molecule has 23 heavy (non-hydrogen) atoms. The topological polar surface area (TPSA) is 48.9 Å². The number of hydrogen-bond donors (Lipinski definition) is 2. The Labute approximate surface area is 156 Å². The third kappa shape index (κ3) is 6.95. The second-order valence-corrected chi connectivity index (χ2v) is 5.58. The van der Waals surface area contributed by atoms with Crippen molar-refractivity contribution >= 4 is 35.6 Å². The van der Waals surface area contributed by atoms with E-state index >= 15 is 0 Å². The van der Waals surface area contributed by atoms with E-state index in [1.807, 2.05) is 0 Å². The molecular formula is C17H29IN4O. The van der Waals surface area contributed by atoms with Gasteiger partial charge in [-0.15, -0.1) is 24.0 Å². The number of ether oxygens (including phenoxy) is 1. The summed E-state index contributed by atoms with van der Waals surface area (Å²) in [4.78, 5) is 7.16. The summed E-state index contributed by atoms with van der Waals surface area (Å²) < 4.78 is 5.06. The molecule has 1 aromatic rings. The molecule has 1 aliphatic heterocycles. The number of halogens is 1. The van der Waals surface area contributed by atoms with E-state index in [1.54, 1.807) is 7.11 Å². The number of hydrogen-bond acceptors (Lipinski definition) is 3. The second-order valence-electron chi connectivity index (χ2n) is 5.58. The summed E-state index contributed by atoms with van der Waals surface area (Å²) in [5.41, 5.74) is 1.32. The van der Waals surface area contributed by atoms with Crippen molar-refractivity contribution in [1.29, 1.82) is 0 Å². The minimum atomic E-state index is 0. The van der Waals surface area contributed by atoms with Crippen molar-refractivity contribution in [3.05, 3.63) is 30.3 Å². The summed E-state index contributed by atoms with van der Waals surface area (Å²) in [7, 11) is 1.71. The second kappa shape index (κ2) is 11.5. The first-order chi connectivity index (χ1) is 10.8. The van der Waals surface area contributed by atoms with Gasteiger partial charge in [-0.2, -0.15) is 0 Å². The fraction of sp³-hybridized carbons (Fsp3) is 0.588. The van der Waals surface area contributed by atoms with Crippen LogP contribution < -0.4 is 15.5 Å². The number of anilines is 1. The molecule has 6 heteroatoms. The van der Waals surface area contributed by atoms with Gasteiger partial charge in [-0.05, 0) is 31.4 Å². The zero-order valence-electron chi connectivity index (χ0n) is 14.1. The van der Waals surface area contributed by atoms with Gasteiger partial charge >= 0.3 is 0 Å². The lowest BCUT2D eigenvalue weighted by Crippen LogP contribution is -2.39. The zero-order chi connectivity index (χ0) is 15.6. The van der Waals surface area contributed by atoms with Crippen LogP contribution >= 0.6 is 24.0 Å². The fourth-order valence-corrected chi connectivity index (χ4v) is 2.69. The normalized spacial score (nSPS) is 17.7. The van der Waals surface area contributed by atoms with Crippen LogP contribution in [0.1, 0.15) is 13.3 Å². The molecule has 1 unspecified atom stereocenters. The molecule has 2 N–H and O–H groups in total. The minimum absolute atomic E-state index is 0. The molecule has 0 aliphatic carbocycles. The summed E-state index contributed by atoms with van der Waals surface area (Å²) in [6, 6.07) is 10.6. The molecule has 0 amide bonds. The summed E-state index contributed by atoms with van der Waals surface area (Å²) in [5, 5.41) is 6.57. The van der Waals surface area contributed by atoms with Crippen molar-refractivity contribution in [3.8, 4) is 0 Å². The van der Waals surface area contributed by atoms with Crippen LogP contribution in [0.5, 0.6) is 0 Å². The van der Waals surface area contributed by atoms with Crippen molar-refractivity contribution in [2.45, 2.75) is 13.3 Å². The molecular weight excluding hydrogens is 403 g/mol. The highest BCUT2D eigenvalue weighted by Gasteiger charge is 2.22. The molecule has 1 aromatic carbocycles. The lowest BCUT2D eigenvalue weighted by atomic mass is 10.1. The monoisotopic (exact) mass is 432 g/mol. The first-order valence-corrected chi connectivity index (χ1v) is 8.14. The third-order valence-electron chi connectivity index (χ3n) is 3.86. The SMILES string of the molecule is CCNC(=NCC1CCN(c2ccccc2)C1)NCCOC.I. The Morgan fingerprint density at radius 3 is 2.78 bits per heavy atom. The average molecular weight is 432 g/mol. The van der Waals surface area contributed by atoms with Gasteiger partial charge in [-0.25, -0.2) is 0 Å². The summed E-state index contributed by atoms with van der Waals surface area (Å²) in [6.45, 7) is 7.51. The number of nitrogens with zero attached hydrogens (tertiary/aromatic N) is 2. The van der Waals surface area contributed by atoms with E-state index in [1.165, 1.54) is 12.1 Å². The number of methoxy groups -OCH3 is 1. The molecule has 1 aliphatic rings. The van der Waals surface area contributed by atoms with Crippen LogP contribution in [0.4, 0.5) is 5.69 Å². The lowest BCUT2D eigenvalue weighted by Gasteiger charge is -2.18. The minimum Gasteiger partial charge on any atom is -0.383 e. The molecule has 1 heterocycles. The number of guanidine groups is 1. The first-order valence-electron chi connectivity index (χ1n) is 8.14. The molecule has 0 saturated carbocycles. The quantitative estimate of drug-likeness (QED) is 0.301. The van der Waals surface area contributed by atoms with Gasteiger partial charge < -0.3 is 20.3 Å². The average Bonchev–Trinajstić information content (AvgIpc) is 3.03. The first kappa shape index (κ1) is 20.0. The van der Waals surface area contributed by atoms with Crippen LogP contribution in [-0.2, 0) is 4.74 Å². The maximum atomic E-state index is 5.06. The van der Waals surface area contributed by atoms with E-state index in [-0.39, 0.29) is 24.0 Å². The molecule has 0 radical (unpaired) electrons. The maximum Gasteiger partial charge on any atom is 0.191 e. The Kier molecular flexibility index (Phi) is 10.0. The van der Waals surface area contributed by atoms with E-state index in [0.717, 1.165) is 38.7 Å². The third-order valence-corrected chi connectivity index (χ3v) is 3.86. The number of benzene rings is 1. The standard InChI is InChI=1S/C17H28N4O.HI/c1-3-18-17(19-10-12-22-2)20-13-15-9-11-21(14-15)16-7-5-4-6-8-16;/h4-8,15H,3,9-14H2,1-2H3,(H2,18,19,20);1H. The largest absolute Gasteiger partial charge is 0.383 e. The van der Waals surface area contributed by atoms with Crippen LogP contribution in [0.15, 0.2) is 35.3 Å². The van der Waals surface area contributed by atoms with Gasteiger partial charge in [-0.3, -0.25) is 4.99 Å². The molecule has 0 spiro atoms. The highest BCUT2D eigenvalue weighted by Crippen LogP contribution is 2.23. The number of nitrogens with one attached hydrogen (secondary N) is 2. The number of rotatable bonds is 7. The molecule has 0 aromatic heterocycles. The Balaban J connectivity index is 0.00000264. The van der Waals surface area contributed by atoms with E-state index in [2.05, 4.69) is 52.8 Å². The van der Waals surface area contributed by atoms with Crippen molar-refractivity contribution in [2.24, 2.45) is 10.9 Å². The van der Waals surface area contributed by atoms with Crippen LogP contribution in [0.2, 0.25) is 0 Å². The highest BCUT2D eigenvalue weighted by atomic mass is 127. The summed E-state index contributed by atoms with van der Waals surface area (Å²) in [5.74, 6) is 1.51. The molecule has 0 bridgehead atoms. The van der Waals surface area contributed by atoms with Gasteiger partial charge in [0.1, 0.15) is 0 Å². The fourth-order valence-electron chi connectivity index (χ4n) is 2.69. The summed E-state index contributed by atoms with van der Waals surface area (Å²) in [6.07, 6.45) is 1.20. The summed E-state index contributed by atoms with van der Waals surface area (Å²) >= 11 is 0. The van der Waals surface area contributed by atoms with Crippen molar-refractivity contribution in [2.75, 3.05) is 51.3 Å². The lowest BCUT2D eigenvalue weighted by molar-refractivity contribution is 0.203. The Bertz CT molecular complexity index is 455. The van der Waals surface area contributed by atoms with Crippen LogP contribution in [0.3, 0.4) is 0 Å². The van der Waals surface area contributed by atoms with Gasteiger partial charge in [0.25, 0.3) is 0 Å². The molecule has 1 saturated heterocycles. The van der Waals surface area contributed by atoms with Crippen molar-refractivity contribution in [1.82, 2.24) is 10.6 Å². The molecule has 5 nitrogen and oxygen atoms in total. The van der Waals surface area contributed by atoms with Crippen molar-refractivity contribution in [3.63, 3.8) is 0 Å². The van der Waals surface area contributed by atoms with E-state index in [9.17, 15) is 0 Å².